The molecule has 3 rings (SSSR count). The van der Waals surface area contributed by atoms with Crippen LogP contribution in [-0.4, -0.2) is 47.6 Å². The Morgan fingerprint density at radius 1 is 1.05 bits per heavy atom. The molecule has 22 heavy (non-hydrogen) atoms. The predicted octanol–water partition coefficient (Wildman–Crippen LogP) is 2.23. The van der Waals surface area contributed by atoms with Gasteiger partial charge in [-0.1, -0.05) is 6.92 Å². The Hall–Kier alpha value is -2.14. The van der Waals surface area contributed by atoms with Gasteiger partial charge in [0, 0.05) is 49.9 Å². The van der Waals surface area contributed by atoms with Gasteiger partial charge in [0.25, 0.3) is 0 Å². The summed E-state index contributed by atoms with van der Waals surface area (Å²) in [6.45, 7) is 8.61. The molecule has 0 unspecified atom stereocenters. The van der Waals surface area contributed by atoms with Crippen LogP contribution in [0, 0.1) is 0 Å². The van der Waals surface area contributed by atoms with E-state index in [0.717, 1.165) is 44.1 Å². The summed E-state index contributed by atoms with van der Waals surface area (Å²) >= 11 is 0. The Labute approximate surface area is 132 Å². The molecule has 0 saturated carbocycles. The minimum atomic E-state index is 0.697. The molecule has 116 valence electrons. The molecule has 0 radical (unpaired) electrons. The molecule has 2 heterocycles. The summed E-state index contributed by atoms with van der Waals surface area (Å²) in [5.74, 6) is 0. The zero-order valence-electron chi connectivity index (χ0n) is 13.1. The summed E-state index contributed by atoms with van der Waals surface area (Å²) in [6.07, 6.45) is 5.20. The van der Waals surface area contributed by atoms with Gasteiger partial charge in [-0.3, -0.25) is 9.97 Å². The number of piperazine rings is 1. The first-order valence-electron chi connectivity index (χ1n) is 7.91. The smallest absolute Gasteiger partial charge is 0.0777 e. The van der Waals surface area contributed by atoms with E-state index in [1.54, 1.807) is 18.6 Å². The molecule has 1 N–H and O–H groups in total. The van der Waals surface area contributed by atoms with Gasteiger partial charge in [-0.2, -0.15) is 0 Å². The van der Waals surface area contributed by atoms with Gasteiger partial charge in [-0.15, -0.1) is 0 Å². The van der Waals surface area contributed by atoms with Gasteiger partial charge >= 0.3 is 0 Å². The third kappa shape index (κ3) is 3.74. The van der Waals surface area contributed by atoms with Crippen molar-refractivity contribution in [2.45, 2.75) is 13.5 Å². The van der Waals surface area contributed by atoms with Gasteiger partial charge in [0.2, 0.25) is 0 Å². The van der Waals surface area contributed by atoms with Crippen LogP contribution < -0.4 is 10.2 Å². The molecule has 0 amide bonds. The number of nitrogens with zero attached hydrogens (tertiary/aromatic N) is 4. The van der Waals surface area contributed by atoms with E-state index in [-0.39, 0.29) is 0 Å². The largest absolute Gasteiger partial charge is 0.379 e. The van der Waals surface area contributed by atoms with Crippen molar-refractivity contribution in [3.8, 4) is 0 Å². The van der Waals surface area contributed by atoms with Crippen LogP contribution in [0.4, 0.5) is 11.4 Å². The monoisotopic (exact) mass is 297 g/mol. The Morgan fingerprint density at radius 3 is 2.45 bits per heavy atom. The van der Waals surface area contributed by atoms with Gasteiger partial charge < -0.3 is 15.1 Å². The summed E-state index contributed by atoms with van der Waals surface area (Å²) in [4.78, 5) is 13.3. The van der Waals surface area contributed by atoms with Gasteiger partial charge in [0.1, 0.15) is 0 Å². The molecule has 1 saturated heterocycles. The number of nitrogens with one attached hydrogen (secondary N) is 1. The zero-order chi connectivity index (χ0) is 15.2. The standard InChI is InChI=1S/C17H23N5/c1-2-21-9-11-22(12-10-21)17-5-3-15(4-6-17)20-14-16-13-18-7-8-19-16/h3-8,13,20H,2,9-12,14H2,1H3. The second-order valence-corrected chi connectivity index (χ2v) is 5.52. The number of aromatic nitrogens is 2. The number of rotatable bonds is 5. The first kappa shape index (κ1) is 14.8. The van der Waals surface area contributed by atoms with Crippen molar-refractivity contribution in [3.05, 3.63) is 48.5 Å². The van der Waals surface area contributed by atoms with Crippen molar-refractivity contribution in [2.75, 3.05) is 42.9 Å². The first-order chi connectivity index (χ1) is 10.8. The number of likely N-dealkylation sites (N-methyl/N-ethyl adjacent to an activating group) is 1. The lowest BCUT2D eigenvalue weighted by Crippen LogP contribution is -2.46. The van der Waals surface area contributed by atoms with Crippen molar-refractivity contribution in [1.29, 1.82) is 0 Å². The number of benzene rings is 1. The molecule has 1 aliphatic heterocycles. The maximum Gasteiger partial charge on any atom is 0.0777 e. The molecule has 5 heteroatoms. The van der Waals surface area contributed by atoms with E-state index in [9.17, 15) is 0 Å². The minimum absolute atomic E-state index is 0.697. The highest BCUT2D eigenvalue weighted by atomic mass is 15.3. The van der Waals surface area contributed by atoms with E-state index in [4.69, 9.17) is 0 Å². The lowest BCUT2D eigenvalue weighted by Gasteiger charge is -2.35. The Bertz CT molecular complexity index is 561. The molecule has 1 aliphatic rings. The maximum absolute atomic E-state index is 4.26. The maximum atomic E-state index is 4.26. The van der Waals surface area contributed by atoms with Crippen LogP contribution in [0.15, 0.2) is 42.9 Å². The summed E-state index contributed by atoms with van der Waals surface area (Å²) in [5.41, 5.74) is 3.37. The summed E-state index contributed by atoms with van der Waals surface area (Å²) in [5, 5.41) is 3.38. The van der Waals surface area contributed by atoms with E-state index < -0.39 is 0 Å². The average molecular weight is 297 g/mol. The Kier molecular flexibility index (Phi) is 4.85. The lowest BCUT2D eigenvalue weighted by atomic mass is 10.2. The molecule has 5 nitrogen and oxygen atoms in total. The number of hydrogen-bond donors (Lipinski definition) is 1. The molecular formula is C17H23N5. The fourth-order valence-electron chi connectivity index (χ4n) is 2.73. The van der Waals surface area contributed by atoms with Crippen molar-refractivity contribution in [3.63, 3.8) is 0 Å². The van der Waals surface area contributed by atoms with Crippen LogP contribution in [0.1, 0.15) is 12.6 Å². The Balaban J connectivity index is 1.54. The van der Waals surface area contributed by atoms with Gasteiger partial charge in [0.05, 0.1) is 18.4 Å². The normalized spacial score (nSPS) is 15.8. The highest BCUT2D eigenvalue weighted by molar-refractivity contribution is 5.55. The fourth-order valence-corrected chi connectivity index (χ4v) is 2.73. The van der Waals surface area contributed by atoms with E-state index in [1.165, 1.54) is 5.69 Å². The van der Waals surface area contributed by atoms with Crippen molar-refractivity contribution in [2.24, 2.45) is 0 Å². The number of hydrogen-bond acceptors (Lipinski definition) is 5. The summed E-state index contributed by atoms with van der Waals surface area (Å²) < 4.78 is 0. The SMILES string of the molecule is CCN1CCN(c2ccc(NCc3cnccn3)cc2)CC1. The van der Waals surface area contributed by atoms with Crippen molar-refractivity contribution < 1.29 is 0 Å². The van der Waals surface area contributed by atoms with E-state index in [2.05, 4.69) is 56.3 Å². The molecule has 1 fully saturated rings. The van der Waals surface area contributed by atoms with Crippen LogP contribution in [0.3, 0.4) is 0 Å². The molecule has 0 bridgehead atoms. The summed E-state index contributed by atoms with van der Waals surface area (Å²) in [6, 6.07) is 8.66. The van der Waals surface area contributed by atoms with Gasteiger partial charge in [-0.25, -0.2) is 0 Å². The van der Waals surface area contributed by atoms with Crippen LogP contribution >= 0.6 is 0 Å². The molecule has 1 aromatic carbocycles. The van der Waals surface area contributed by atoms with Crippen LogP contribution in [-0.2, 0) is 6.54 Å². The van der Waals surface area contributed by atoms with Crippen molar-refractivity contribution in [1.82, 2.24) is 14.9 Å². The average Bonchev–Trinajstić information content (AvgIpc) is 2.61. The minimum Gasteiger partial charge on any atom is -0.379 e. The van der Waals surface area contributed by atoms with Gasteiger partial charge in [0.15, 0.2) is 0 Å². The topological polar surface area (TPSA) is 44.3 Å². The summed E-state index contributed by atoms with van der Waals surface area (Å²) in [7, 11) is 0. The zero-order valence-corrected chi connectivity index (χ0v) is 13.1. The first-order valence-corrected chi connectivity index (χ1v) is 7.91. The second-order valence-electron chi connectivity index (χ2n) is 5.52. The predicted molar refractivity (Wildman–Crippen MR) is 90.1 cm³/mol. The third-order valence-electron chi connectivity index (χ3n) is 4.14. The molecular weight excluding hydrogens is 274 g/mol. The van der Waals surface area contributed by atoms with Gasteiger partial charge in [-0.05, 0) is 30.8 Å². The Morgan fingerprint density at radius 2 is 1.82 bits per heavy atom. The quantitative estimate of drug-likeness (QED) is 0.917. The van der Waals surface area contributed by atoms with Crippen LogP contribution in [0.5, 0.6) is 0 Å². The van der Waals surface area contributed by atoms with E-state index in [1.807, 2.05) is 0 Å². The third-order valence-corrected chi connectivity index (χ3v) is 4.14. The lowest BCUT2D eigenvalue weighted by molar-refractivity contribution is 0.271. The molecule has 0 spiro atoms. The molecule has 2 aromatic rings. The highest BCUT2D eigenvalue weighted by Crippen LogP contribution is 2.19. The second kappa shape index (κ2) is 7.22. The van der Waals surface area contributed by atoms with E-state index >= 15 is 0 Å². The molecule has 1 aromatic heterocycles. The van der Waals surface area contributed by atoms with E-state index in [0.29, 0.717) is 6.54 Å². The van der Waals surface area contributed by atoms with Crippen LogP contribution in [0.25, 0.3) is 0 Å². The molecule has 0 aliphatic carbocycles. The van der Waals surface area contributed by atoms with Crippen LogP contribution in [0.2, 0.25) is 0 Å². The fraction of sp³-hybridized carbons (Fsp3) is 0.412. The highest BCUT2D eigenvalue weighted by Gasteiger charge is 2.15. The van der Waals surface area contributed by atoms with Crippen molar-refractivity contribution >= 4 is 11.4 Å². The molecule has 0 atom stereocenters. The number of anilines is 2.